The molecule has 7 heteroatoms. The van der Waals surface area contributed by atoms with E-state index in [2.05, 4.69) is 50.9 Å². The first-order valence-corrected chi connectivity index (χ1v) is 9.82. The lowest BCUT2D eigenvalue weighted by Crippen LogP contribution is -2.45. The molecule has 6 nitrogen and oxygen atoms in total. The number of benzene rings is 1. The maximum Gasteiger partial charge on any atom is 0.407 e. The zero-order valence-electron chi connectivity index (χ0n) is 17.3. The van der Waals surface area contributed by atoms with Crippen LogP contribution in [0.1, 0.15) is 45.6 Å². The smallest absolute Gasteiger partial charge is 0.407 e. The van der Waals surface area contributed by atoms with Crippen LogP contribution >= 0.6 is 24.0 Å². The van der Waals surface area contributed by atoms with Crippen molar-refractivity contribution in [2.24, 2.45) is 4.99 Å². The predicted molar refractivity (Wildman–Crippen MR) is 123 cm³/mol. The van der Waals surface area contributed by atoms with Crippen LogP contribution in [-0.4, -0.2) is 55.3 Å². The number of guanidine groups is 1. The van der Waals surface area contributed by atoms with Crippen molar-refractivity contribution in [1.82, 2.24) is 15.5 Å². The highest BCUT2D eigenvalue weighted by atomic mass is 127. The summed E-state index contributed by atoms with van der Waals surface area (Å²) in [5.74, 6) is 0.908. The number of alkyl carbamates (subject to hydrolysis) is 1. The van der Waals surface area contributed by atoms with E-state index >= 15 is 0 Å². The first-order valence-electron chi connectivity index (χ1n) is 9.82. The van der Waals surface area contributed by atoms with Gasteiger partial charge in [-0.2, -0.15) is 0 Å². The van der Waals surface area contributed by atoms with Crippen molar-refractivity contribution in [3.63, 3.8) is 0 Å². The number of hydrogen-bond acceptors (Lipinski definition) is 3. The molecule has 2 N–H and O–H groups in total. The van der Waals surface area contributed by atoms with Crippen molar-refractivity contribution >= 4 is 36.0 Å². The highest BCUT2D eigenvalue weighted by Gasteiger charge is 2.44. The van der Waals surface area contributed by atoms with Gasteiger partial charge >= 0.3 is 6.09 Å². The molecule has 1 saturated heterocycles. The van der Waals surface area contributed by atoms with Crippen LogP contribution in [0.4, 0.5) is 4.79 Å². The third-order valence-corrected chi connectivity index (χ3v) is 5.25. The van der Waals surface area contributed by atoms with Gasteiger partial charge in [0.1, 0.15) is 5.60 Å². The van der Waals surface area contributed by atoms with Crippen LogP contribution < -0.4 is 10.6 Å². The number of carbonyl (C=O) groups is 1. The van der Waals surface area contributed by atoms with Crippen LogP contribution in [0.3, 0.4) is 0 Å². The Balaban J connectivity index is 0.00000280. The van der Waals surface area contributed by atoms with Crippen LogP contribution in [0.2, 0.25) is 0 Å². The molecule has 1 aromatic carbocycles. The van der Waals surface area contributed by atoms with Crippen molar-refractivity contribution in [2.45, 2.75) is 57.1 Å². The minimum absolute atomic E-state index is 0. The molecular formula is C21H33IN4O2. The van der Waals surface area contributed by atoms with Gasteiger partial charge in [-0.15, -0.1) is 24.0 Å². The van der Waals surface area contributed by atoms with E-state index < -0.39 is 5.60 Å². The lowest BCUT2D eigenvalue weighted by molar-refractivity contribution is 0.0507. The van der Waals surface area contributed by atoms with Gasteiger partial charge in [-0.3, -0.25) is 4.99 Å². The minimum atomic E-state index is -0.476. The average Bonchev–Trinajstić information content (AvgIpc) is 3.27. The Morgan fingerprint density at radius 3 is 2.54 bits per heavy atom. The molecule has 1 heterocycles. The molecule has 1 aliphatic carbocycles. The fourth-order valence-electron chi connectivity index (χ4n) is 3.64. The fraction of sp³-hybridized carbons (Fsp3) is 0.619. The predicted octanol–water partition coefficient (Wildman–Crippen LogP) is 3.51. The lowest BCUT2D eigenvalue weighted by atomic mass is 9.96. The van der Waals surface area contributed by atoms with Gasteiger partial charge in [-0.05, 0) is 45.6 Å². The SMILES string of the molecule is CN=C(NCC1(c2ccccc2)CC1)N1CCC(NC(=O)OC(C)(C)C)C1.I. The summed E-state index contributed by atoms with van der Waals surface area (Å²) in [6.45, 7) is 8.14. The number of nitrogens with zero attached hydrogens (tertiary/aromatic N) is 2. The highest BCUT2D eigenvalue weighted by Crippen LogP contribution is 2.47. The standard InChI is InChI=1S/C21H32N4O2.HI/c1-20(2,3)27-19(26)24-17-10-13-25(14-17)18(22-4)23-15-21(11-12-21)16-8-6-5-7-9-16;/h5-9,17H,10-15H2,1-4H3,(H,22,23)(H,24,26);1H. The number of carbonyl (C=O) groups excluding carboxylic acids is 1. The molecule has 28 heavy (non-hydrogen) atoms. The summed E-state index contributed by atoms with van der Waals surface area (Å²) in [6.07, 6.45) is 2.97. The van der Waals surface area contributed by atoms with Crippen molar-refractivity contribution in [3.8, 4) is 0 Å². The molecular weight excluding hydrogens is 467 g/mol. The summed E-state index contributed by atoms with van der Waals surface area (Å²) < 4.78 is 5.36. The van der Waals surface area contributed by atoms with Crippen molar-refractivity contribution in [1.29, 1.82) is 0 Å². The second kappa shape index (κ2) is 9.33. The van der Waals surface area contributed by atoms with E-state index in [1.807, 2.05) is 27.8 Å². The highest BCUT2D eigenvalue weighted by molar-refractivity contribution is 14.0. The normalized spacial score (nSPS) is 20.9. The van der Waals surface area contributed by atoms with Crippen LogP contribution in [-0.2, 0) is 10.2 Å². The van der Waals surface area contributed by atoms with Gasteiger partial charge in [-0.25, -0.2) is 4.79 Å². The van der Waals surface area contributed by atoms with Crippen molar-refractivity contribution < 1.29 is 9.53 Å². The van der Waals surface area contributed by atoms with Gasteiger partial charge in [0.05, 0.1) is 6.04 Å². The van der Waals surface area contributed by atoms with E-state index in [9.17, 15) is 4.79 Å². The molecule has 1 aromatic rings. The van der Waals surface area contributed by atoms with E-state index in [0.29, 0.717) is 0 Å². The molecule has 2 aliphatic rings. The van der Waals surface area contributed by atoms with Gasteiger partial charge < -0.3 is 20.3 Å². The Bertz CT molecular complexity index is 683. The number of rotatable bonds is 4. The van der Waals surface area contributed by atoms with Gasteiger partial charge in [0, 0.05) is 32.1 Å². The molecule has 3 rings (SSSR count). The van der Waals surface area contributed by atoms with E-state index in [1.165, 1.54) is 18.4 Å². The minimum Gasteiger partial charge on any atom is -0.444 e. The molecule has 0 spiro atoms. The monoisotopic (exact) mass is 500 g/mol. The molecule has 1 saturated carbocycles. The molecule has 1 amide bonds. The zero-order valence-corrected chi connectivity index (χ0v) is 19.7. The third-order valence-electron chi connectivity index (χ3n) is 5.25. The lowest BCUT2D eigenvalue weighted by Gasteiger charge is -2.25. The molecule has 0 aromatic heterocycles. The van der Waals surface area contributed by atoms with Crippen LogP contribution in [0.5, 0.6) is 0 Å². The summed E-state index contributed by atoms with van der Waals surface area (Å²) in [7, 11) is 1.82. The Hall–Kier alpha value is -1.51. The summed E-state index contributed by atoms with van der Waals surface area (Å²) in [4.78, 5) is 18.7. The number of ether oxygens (including phenoxy) is 1. The third kappa shape index (κ3) is 5.99. The van der Waals surface area contributed by atoms with Gasteiger partial charge in [0.2, 0.25) is 0 Å². The number of aliphatic imine (C=N–C) groups is 1. The number of likely N-dealkylation sites (tertiary alicyclic amines) is 1. The molecule has 0 radical (unpaired) electrons. The Morgan fingerprint density at radius 2 is 1.96 bits per heavy atom. The number of hydrogen-bond donors (Lipinski definition) is 2. The Labute approximate surface area is 185 Å². The first kappa shape index (κ1) is 22.8. The van der Waals surface area contributed by atoms with E-state index in [4.69, 9.17) is 4.74 Å². The van der Waals surface area contributed by atoms with E-state index in [-0.39, 0.29) is 41.5 Å². The van der Waals surface area contributed by atoms with Crippen molar-refractivity contribution in [2.75, 3.05) is 26.7 Å². The van der Waals surface area contributed by atoms with E-state index in [1.54, 1.807) is 0 Å². The molecule has 2 fully saturated rings. The maximum absolute atomic E-state index is 12.0. The quantitative estimate of drug-likeness (QED) is 0.378. The summed E-state index contributed by atoms with van der Waals surface area (Å²) >= 11 is 0. The van der Waals surface area contributed by atoms with Crippen LogP contribution in [0.25, 0.3) is 0 Å². The molecule has 1 atom stereocenters. The zero-order chi connectivity index (χ0) is 19.5. The molecule has 1 aliphatic heterocycles. The van der Waals surface area contributed by atoms with Crippen LogP contribution in [0.15, 0.2) is 35.3 Å². The summed E-state index contributed by atoms with van der Waals surface area (Å²) in [6, 6.07) is 10.8. The Kier molecular flexibility index (Phi) is 7.59. The second-order valence-electron chi connectivity index (χ2n) is 8.62. The average molecular weight is 500 g/mol. The molecule has 0 bridgehead atoms. The van der Waals surface area contributed by atoms with Gasteiger partial charge in [0.25, 0.3) is 0 Å². The molecule has 156 valence electrons. The van der Waals surface area contributed by atoms with Gasteiger partial charge in [0.15, 0.2) is 5.96 Å². The summed E-state index contributed by atoms with van der Waals surface area (Å²) in [5, 5.41) is 6.53. The van der Waals surface area contributed by atoms with Crippen molar-refractivity contribution in [3.05, 3.63) is 35.9 Å². The largest absolute Gasteiger partial charge is 0.444 e. The number of amides is 1. The first-order chi connectivity index (χ1) is 12.8. The molecule has 1 unspecified atom stereocenters. The number of nitrogens with one attached hydrogen (secondary N) is 2. The van der Waals surface area contributed by atoms with Gasteiger partial charge in [-0.1, -0.05) is 30.3 Å². The van der Waals surface area contributed by atoms with Crippen LogP contribution in [0, 0.1) is 0 Å². The maximum atomic E-state index is 12.0. The second-order valence-corrected chi connectivity index (χ2v) is 8.62. The summed E-state index contributed by atoms with van der Waals surface area (Å²) in [5.41, 5.74) is 1.17. The Morgan fingerprint density at radius 1 is 1.29 bits per heavy atom. The number of halogens is 1. The van der Waals surface area contributed by atoms with E-state index in [0.717, 1.165) is 32.0 Å². The fourth-order valence-corrected chi connectivity index (χ4v) is 3.64. The topological polar surface area (TPSA) is 66.0 Å².